The molecule has 1 saturated heterocycles. The van der Waals surface area contributed by atoms with Crippen LogP contribution in [0, 0.1) is 0 Å². The highest BCUT2D eigenvalue weighted by Gasteiger charge is 2.31. The zero-order valence-corrected chi connectivity index (χ0v) is 16.9. The maximum Gasteiger partial charge on any atom is 0.412 e. The standard InChI is InChI=1S/C18H26Cl2N2O3/c1-12(13-6-7-14(19)15(20)10-13)22-8-9-24-16(11-22)21(5)17(23)25-18(2,3)4/h6-7,10,12,16H,8-9,11H2,1-5H3/t12?,16-/m0/s1. The van der Waals surface area contributed by atoms with E-state index in [4.69, 9.17) is 32.7 Å². The molecule has 0 aromatic heterocycles. The number of morpholine rings is 1. The first-order valence-corrected chi connectivity index (χ1v) is 9.10. The lowest BCUT2D eigenvalue weighted by Gasteiger charge is -2.40. The molecule has 0 aliphatic carbocycles. The molecule has 5 nitrogen and oxygen atoms in total. The van der Waals surface area contributed by atoms with Crippen molar-refractivity contribution in [3.8, 4) is 0 Å². The van der Waals surface area contributed by atoms with Crippen molar-refractivity contribution < 1.29 is 14.3 Å². The molecule has 1 aliphatic heterocycles. The average Bonchev–Trinajstić information content (AvgIpc) is 2.54. The number of ether oxygens (including phenoxy) is 2. The molecule has 2 rings (SSSR count). The lowest BCUT2D eigenvalue weighted by molar-refractivity contribution is -0.109. The summed E-state index contributed by atoms with van der Waals surface area (Å²) in [5.41, 5.74) is 0.544. The lowest BCUT2D eigenvalue weighted by Crippen LogP contribution is -2.52. The van der Waals surface area contributed by atoms with Gasteiger partial charge in [-0.05, 0) is 45.4 Å². The number of likely N-dealkylation sites (N-methyl/N-ethyl adjacent to an activating group) is 1. The molecule has 1 heterocycles. The predicted molar refractivity (Wildman–Crippen MR) is 100 cm³/mol. The highest BCUT2D eigenvalue weighted by atomic mass is 35.5. The SMILES string of the molecule is CC(c1ccc(Cl)c(Cl)c1)N1CCO[C@H](N(C)C(=O)OC(C)(C)C)C1. The molecule has 1 aromatic carbocycles. The molecule has 1 aliphatic rings. The Kier molecular flexibility index (Phi) is 6.60. The van der Waals surface area contributed by atoms with Gasteiger partial charge < -0.3 is 9.47 Å². The predicted octanol–water partition coefficient (Wildman–Crippen LogP) is 4.58. The summed E-state index contributed by atoms with van der Waals surface area (Å²) < 4.78 is 11.2. The van der Waals surface area contributed by atoms with Gasteiger partial charge in [-0.3, -0.25) is 9.80 Å². The summed E-state index contributed by atoms with van der Waals surface area (Å²) in [6.07, 6.45) is -0.740. The van der Waals surface area contributed by atoms with Crippen molar-refractivity contribution in [2.24, 2.45) is 0 Å². The molecule has 25 heavy (non-hydrogen) atoms. The second-order valence-electron chi connectivity index (χ2n) is 7.26. The fourth-order valence-corrected chi connectivity index (χ4v) is 2.98. The van der Waals surface area contributed by atoms with Crippen LogP contribution in [-0.2, 0) is 9.47 Å². The average molecular weight is 389 g/mol. The summed E-state index contributed by atoms with van der Waals surface area (Å²) in [5.74, 6) is 0. The van der Waals surface area contributed by atoms with Gasteiger partial charge in [-0.1, -0.05) is 29.3 Å². The second kappa shape index (κ2) is 8.12. The zero-order chi connectivity index (χ0) is 18.8. The Balaban J connectivity index is 2.04. The Bertz CT molecular complexity index is 619. The van der Waals surface area contributed by atoms with Gasteiger partial charge in [0, 0.05) is 26.2 Å². The number of nitrogens with zero attached hydrogens (tertiary/aromatic N) is 2. The van der Waals surface area contributed by atoms with Gasteiger partial charge >= 0.3 is 6.09 Å². The number of hydrogen-bond acceptors (Lipinski definition) is 4. The molecule has 0 spiro atoms. The number of carbonyl (C=O) groups excluding carboxylic acids is 1. The summed E-state index contributed by atoms with van der Waals surface area (Å²) in [5, 5.41) is 1.09. The number of halogens is 2. The summed E-state index contributed by atoms with van der Waals surface area (Å²) in [6.45, 7) is 9.56. The van der Waals surface area contributed by atoms with Crippen LogP contribution in [-0.4, -0.2) is 54.5 Å². The van der Waals surface area contributed by atoms with E-state index in [-0.39, 0.29) is 18.4 Å². The molecule has 2 atom stereocenters. The van der Waals surface area contributed by atoms with E-state index in [0.717, 1.165) is 12.1 Å². The Morgan fingerprint density at radius 3 is 2.64 bits per heavy atom. The van der Waals surface area contributed by atoms with Crippen molar-refractivity contribution >= 4 is 29.3 Å². The molecule has 1 aromatic rings. The van der Waals surface area contributed by atoms with Crippen molar-refractivity contribution in [3.05, 3.63) is 33.8 Å². The fraction of sp³-hybridized carbons (Fsp3) is 0.611. The lowest BCUT2D eigenvalue weighted by atomic mass is 10.1. The fourth-order valence-electron chi connectivity index (χ4n) is 2.67. The minimum atomic E-state index is -0.535. The molecule has 1 fully saturated rings. The minimum Gasteiger partial charge on any atom is -0.444 e. The van der Waals surface area contributed by atoms with Gasteiger partial charge in [-0.15, -0.1) is 0 Å². The van der Waals surface area contributed by atoms with Gasteiger partial charge in [-0.25, -0.2) is 4.79 Å². The maximum atomic E-state index is 12.3. The normalized spacial score (nSPS) is 20.2. The molecule has 7 heteroatoms. The molecule has 1 unspecified atom stereocenters. The van der Waals surface area contributed by atoms with Crippen LogP contribution in [0.3, 0.4) is 0 Å². The van der Waals surface area contributed by atoms with Gasteiger partial charge in [0.1, 0.15) is 11.8 Å². The van der Waals surface area contributed by atoms with Gasteiger partial charge in [0.05, 0.1) is 16.7 Å². The van der Waals surface area contributed by atoms with E-state index in [1.54, 1.807) is 13.1 Å². The Morgan fingerprint density at radius 2 is 2.04 bits per heavy atom. The third-order valence-electron chi connectivity index (χ3n) is 4.17. The molecular formula is C18H26Cl2N2O3. The van der Waals surface area contributed by atoms with Crippen LogP contribution in [0.2, 0.25) is 10.0 Å². The quantitative estimate of drug-likeness (QED) is 0.759. The van der Waals surface area contributed by atoms with Gasteiger partial charge in [0.25, 0.3) is 0 Å². The topological polar surface area (TPSA) is 42.0 Å². The number of rotatable bonds is 3. The highest BCUT2D eigenvalue weighted by Crippen LogP contribution is 2.29. The smallest absolute Gasteiger partial charge is 0.412 e. The van der Waals surface area contributed by atoms with E-state index >= 15 is 0 Å². The van der Waals surface area contributed by atoms with Crippen LogP contribution < -0.4 is 0 Å². The van der Waals surface area contributed by atoms with E-state index in [0.29, 0.717) is 23.2 Å². The van der Waals surface area contributed by atoms with E-state index in [1.165, 1.54) is 4.90 Å². The Hall–Kier alpha value is -1.01. The van der Waals surface area contributed by atoms with Crippen molar-refractivity contribution in [3.63, 3.8) is 0 Å². The summed E-state index contributed by atoms with van der Waals surface area (Å²) in [6, 6.07) is 5.80. The van der Waals surface area contributed by atoms with Crippen LogP contribution in [0.4, 0.5) is 4.79 Å². The second-order valence-corrected chi connectivity index (χ2v) is 8.08. The van der Waals surface area contributed by atoms with Gasteiger partial charge in [0.15, 0.2) is 0 Å². The first-order chi connectivity index (χ1) is 11.6. The van der Waals surface area contributed by atoms with Crippen molar-refractivity contribution in [1.82, 2.24) is 9.80 Å². The first-order valence-electron chi connectivity index (χ1n) is 8.35. The van der Waals surface area contributed by atoms with Crippen LogP contribution in [0.5, 0.6) is 0 Å². The third-order valence-corrected chi connectivity index (χ3v) is 4.91. The van der Waals surface area contributed by atoms with Crippen LogP contribution >= 0.6 is 23.2 Å². The summed E-state index contributed by atoms with van der Waals surface area (Å²) >= 11 is 12.1. The number of carbonyl (C=O) groups is 1. The Morgan fingerprint density at radius 1 is 1.36 bits per heavy atom. The van der Waals surface area contributed by atoms with Crippen molar-refractivity contribution in [1.29, 1.82) is 0 Å². The van der Waals surface area contributed by atoms with Gasteiger partial charge in [0.2, 0.25) is 0 Å². The van der Waals surface area contributed by atoms with E-state index in [2.05, 4.69) is 11.8 Å². The molecular weight excluding hydrogens is 363 g/mol. The monoisotopic (exact) mass is 388 g/mol. The van der Waals surface area contributed by atoms with Crippen molar-refractivity contribution in [2.45, 2.75) is 45.6 Å². The van der Waals surface area contributed by atoms with Crippen LogP contribution in [0.1, 0.15) is 39.3 Å². The van der Waals surface area contributed by atoms with Gasteiger partial charge in [-0.2, -0.15) is 0 Å². The number of hydrogen-bond donors (Lipinski definition) is 0. The Labute approximate surface area is 159 Å². The molecule has 0 saturated carbocycles. The number of benzene rings is 1. The highest BCUT2D eigenvalue weighted by molar-refractivity contribution is 6.42. The zero-order valence-electron chi connectivity index (χ0n) is 15.4. The largest absolute Gasteiger partial charge is 0.444 e. The van der Waals surface area contributed by atoms with Crippen molar-refractivity contribution in [2.75, 3.05) is 26.7 Å². The van der Waals surface area contributed by atoms with E-state index in [9.17, 15) is 4.79 Å². The molecule has 0 bridgehead atoms. The summed E-state index contributed by atoms with van der Waals surface area (Å²) in [4.78, 5) is 16.0. The third kappa shape index (κ3) is 5.48. The molecule has 1 amide bonds. The molecule has 140 valence electrons. The first kappa shape index (κ1) is 20.3. The summed E-state index contributed by atoms with van der Waals surface area (Å²) in [7, 11) is 1.70. The van der Waals surface area contributed by atoms with E-state index in [1.807, 2.05) is 32.9 Å². The minimum absolute atomic E-state index is 0.133. The van der Waals surface area contributed by atoms with E-state index < -0.39 is 5.60 Å². The van der Waals surface area contributed by atoms with Crippen LogP contribution in [0.15, 0.2) is 18.2 Å². The molecule has 0 radical (unpaired) electrons. The van der Waals surface area contributed by atoms with Crippen LogP contribution in [0.25, 0.3) is 0 Å². The number of amides is 1. The maximum absolute atomic E-state index is 12.3. The molecule has 0 N–H and O–H groups in total.